The van der Waals surface area contributed by atoms with Crippen molar-refractivity contribution in [1.29, 1.82) is 0 Å². The predicted molar refractivity (Wildman–Crippen MR) is 81.3 cm³/mol. The minimum atomic E-state index is -1.01. The Hall–Kier alpha value is -1.55. The number of rotatable bonds is 5. The summed E-state index contributed by atoms with van der Waals surface area (Å²) in [5.74, 6) is -1.17. The fourth-order valence-corrected chi connectivity index (χ4v) is 3.20. The molecule has 1 aromatic carbocycles. The highest BCUT2D eigenvalue weighted by Gasteiger charge is 2.41. The molecule has 4 nitrogen and oxygen atoms in total. The molecule has 1 saturated carbocycles. The zero-order valence-electron chi connectivity index (χ0n) is 12.1. The minimum Gasteiger partial charge on any atom is -0.480 e. The van der Waals surface area contributed by atoms with Gasteiger partial charge >= 0.3 is 5.97 Å². The lowest BCUT2D eigenvalue weighted by molar-refractivity contribution is -0.143. The molecular weight excluding hydrogens is 290 g/mol. The highest BCUT2D eigenvalue weighted by atomic mass is 35.5. The first-order valence-corrected chi connectivity index (χ1v) is 7.59. The molecule has 2 N–H and O–H groups in total. The third-order valence-corrected chi connectivity index (χ3v) is 4.43. The van der Waals surface area contributed by atoms with Crippen molar-refractivity contribution in [2.45, 2.75) is 45.1 Å². The van der Waals surface area contributed by atoms with Crippen LogP contribution in [0.25, 0.3) is 0 Å². The molecule has 1 fully saturated rings. The molecule has 21 heavy (non-hydrogen) atoms. The van der Waals surface area contributed by atoms with Gasteiger partial charge in [-0.15, -0.1) is 0 Å². The fraction of sp³-hybridized carbons (Fsp3) is 0.500. The van der Waals surface area contributed by atoms with Gasteiger partial charge in [-0.05, 0) is 43.9 Å². The zero-order chi connectivity index (χ0) is 15.5. The number of carboxylic acid groups (broad SMARTS) is 1. The molecule has 1 amide bonds. The van der Waals surface area contributed by atoms with Gasteiger partial charge < -0.3 is 10.4 Å². The molecular formula is C16H20ClNO3. The van der Waals surface area contributed by atoms with Crippen LogP contribution in [0.3, 0.4) is 0 Å². The Morgan fingerprint density at radius 3 is 2.62 bits per heavy atom. The van der Waals surface area contributed by atoms with Crippen LogP contribution in [0, 0.1) is 5.41 Å². The van der Waals surface area contributed by atoms with E-state index >= 15 is 0 Å². The summed E-state index contributed by atoms with van der Waals surface area (Å²) in [7, 11) is 0. The number of carboxylic acids is 1. The average Bonchev–Trinajstić information content (AvgIpc) is 2.88. The van der Waals surface area contributed by atoms with Crippen LogP contribution in [0.15, 0.2) is 24.3 Å². The Labute approximate surface area is 129 Å². The van der Waals surface area contributed by atoms with Gasteiger partial charge in [0, 0.05) is 5.02 Å². The Morgan fingerprint density at radius 1 is 1.38 bits per heavy atom. The monoisotopic (exact) mass is 309 g/mol. The molecule has 5 heteroatoms. The topological polar surface area (TPSA) is 66.4 Å². The molecule has 1 aliphatic carbocycles. The summed E-state index contributed by atoms with van der Waals surface area (Å²) in [4.78, 5) is 23.5. The number of benzene rings is 1. The lowest BCUT2D eigenvalue weighted by Gasteiger charge is -2.29. The van der Waals surface area contributed by atoms with Crippen LogP contribution in [-0.2, 0) is 16.0 Å². The Bertz CT molecular complexity index is 538. The van der Waals surface area contributed by atoms with E-state index in [1.54, 1.807) is 6.07 Å². The quantitative estimate of drug-likeness (QED) is 0.878. The first-order valence-electron chi connectivity index (χ1n) is 7.21. The molecule has 1 aliphatic rings. The molecule has 1 atom stereocenters. The number of aliphatic carboxylic acids is 1. The molecule has 114 valence electrons. The third-order valence-electron chi connectivity index (χ3n) is 4.19. The van der Waals surface area contributed by atoms with Gasteiger partial charge in [-0.3, -0.25) is 9.59 Å². The van der Waals surface area contributed by atoms with E-state index in [0.29, 0.717) is 11.4 Å². The van der Waals surface area contributed by atoms with Gasteiger partial charge in [0.05, 0.1) is 5.41 Å². The first kappa shape index (κ1) is 15.8. The van der Waals surface area contributed by atoms with Crippen molar-refractivity contribution in [3.63, 3.8) is 0 Å². The van der Waals surface area contributed by atoms with E-state index in [1.807, 2.05) is 18.2 Å². The van der Waals surface area contributed by atoms with Crippen molar-refractivity contribution >= 4 is 23.5 Å². The smallest absolute Gasteiger partial charge is 0.325 e. The Balaban J connectivity index is 2.16. The predicted octanol–water partition coefficient (Wildman–Crippen LogP) is 3.03. The van der Waals surface area contributed by atoms with Gasteiger partial charge in [0.2, 0.25) is 5.91 Å². The SMILES string of the molecule is CC(NC(=O)C1(Cc2cccc(Cl)c2)CCCC1)C(=O)O. The second-order valence-corrected chi connectivity index (χ2v) is 6.26. The molecule has 0 aliphatic heterocycles. The molecule has 0 aromatic heterocycles. The Morgan fingerprint density at radius 2 is 2.05 bits per heavy atom. The standard InChI is InChI=1S/C16H20ClNO3/c1-11(14(19)20)18-15(21)16(7-2-3-8-16)10-12-5-4-6-13(17)9-12/h4-6,9,11H,2-3,7-8,10H2,1H3,(H,18,21)(H,19,20). The number of carbonyl (C=O) groups excluding carboxylic acids is 1. The molecule has 2 rings (SSSR count). The van der Waals surface area contributed by atoms with E-state index in [2.05, 4.69) is 5.32 Å². The third kappa shape index (κ3) is 3.76. The van der Waals surface area contributed by atoms with Gasteiger partial charge in [-0.25, -0.2) is 0 Å². The summed E-state index contributed by atoms with van der Waals surface area (Å²) in [5.41, 5.74) is 0.511. The van der Waals surface area contributed by atoms with Gasteiger partial charge in [-0.2, -0.15) is 0 Å². The lowest BCUT2D eigenvalue weighted by Crippen LogP contribution is -2.47. The van der Waals surface area contributed by atoms with Gasteiger partial charge in [0.1, 0.15) is 6.04 Å². The highest BCUT2D eigenvalue weighted by Crippen LogP contribution is 2.41. The summed E-state index contributed by atoms with van der Waals surface area (Å²) in [6.07, 6.45) is 4.17. The van der Waals surface area contributed by atoms with Crippen LogP contribution >= 0.6 is 11.6 Å². The molecule has 0 heterocycles. The van der Waals surface area contributed by atoms with E-state index in [0.717, 1.165) is 31.2 Å². The zero-order valence-corrected chi connectivity index (χ0v) is 12.8. The van der Waals surface area contributed by atoms with Crippen molar-refractivity contribution in [1.82, 2.24) is 5.32 Å². The number of hydrogen-bond acceptors (Lipinski definition) is 2. The van der Waals surface area contributed by atoms with Crippen LogP contribution in [-0.4, -0.2) is 23.0 Å². The van der Waals surface area contributed by atoms with E-state index in [4.69, 9.17) is 16.7 Å². The summed E-state index contributed by atoms with van der Waals surface area (Å²) in [6.45, 7) is 1.49. The highest BCUT2D eigenvalue weighted by molar-refractivity contribution is 6.30. The average molecular weight is 310 g/mol. The molecule has 0 saturated heterocycles. The molecule has 0 bridgehead atoms. The number of halogens is 1. The van der Waals surface area contributed by atoms with Crippen LogP contribution in [0.5, 0.6) is 0 Å². The number of carbonyl (C=O) groups is 2. The van der Waals surface area contributed by atoms with Crippen molar-refractivity contribution in [3.05, 3.63) is 34.9 Å². The van der Waals surface area contributed by atoms with Crippen LogP contribution in [0.4, 0.5) is 0 Å². The van der Waals surface area contributed by atoms with Crippen LogP contribution in [0.2, 0.25) is 5.02 Å². The summed E-state index contributed by atoms with van der Waals surface area (Å²) >= 11 is 6.00. The number of amides is 1. The van der Waals surface area contributed by atoms with Crippen LogP contribution in [0.1, 0.15) is 38.2 Å². The first-order chi connectivity index (χ1) is 9.93. The second kappa shape index (κ2) is 6.48. The fourth-order valence-electron chi connectivity index (χ4n) is 2.99. The lowest BCUT2D eigenvalue weighted by atomic mass is 9.79. The van der Waals surface area contributed by atoms with E-state index in [9.17, 15) is 9.59 Å². The maximum absolute atomic E-state index is 12.6. The van der Waals surface area contributed by atoms with Crippen molar-refractivity contribution < 1.29 is 14.7 Å². The Kier molecular flexibility index (Phi) is 4.88. The van der Waals surface area contributed by atoms with Crippen molar-refractivity contribution in [2.24, 2.45) is 5.41 Å². The molecule has 1 aromatic rings. The summed E-state index contributed by atoms with van der Waals surface area (Å²) in [5, 5.41) is 12.2. The summed E-state index contributed by atoms with van der Waals surface area (Å²) in [6, 6.07) is 6.64. The normalized spacial score (nSPS) is 18.2. The molecule has 0 radical (unpaired) electrons. The molecule has 1 unspecified atom stereocenters. The van der Waals surface area contributed by atoms with Crippen molar-refractivity contribution in [3.8, 4) is 0 Å². The van der Waals surface area contributed by atoms with E-state index in [-0.39, 0.29) is 5.91 Å². The maximum Gasteiger partial charge on any atom is 0.325 e. The van der Waals surface area contributed by atoms with E-state index in [1.165, 1.54) is 6.92 Å². The minimum absolute atomic E-state index is 0.158. The van der Waals surface area contributed by atoms with Gasteiger partial charge in [0.15, 0.2) is 0 Å². The van der Waals surface area contributed by atoms with E-state index < -0.39 is 17.4 Å². The summed E-state index contributed by atoms with van der Waals surface area (Å²) < 4.78 is 0. The number of hydrogen-bond donors (Lipinski definition) is 2. The second-order valence-electron chi connectivity index (χ2n) is 5.83. The maximum atomic E-state index is 12.6. The van der Waals surface area contributed by atoms with Crippen molar-refractivity contribution in [2.75, 3.05) is 0 Å². The van der Waals surface area contributed by atoms with Crippen LogP contribution < -0.4 is 5.32 Å². The van der Waals surface area contributed by atoms with Gasteiger partial charge in [-0.1, -0.05) is 36.6 Å². The van der Waals surface area contributed by atoms with Gasteiger partial charge in [0.25, 0.3) is 0 Å². The molecule has 0 spiro atoms. The largest absolute Gasteiger partial charge is 0.480 e. The number of nitrogens with one attached hydrogen (secondary N) is 1.